The monoisotopic (exact) mass is 588 g/mol. The normalized spacial score (nSPS) is 14.2. The maximum Gasteiger partial charge on any atom is 0.295 e. The Hall–Kier alpha value is -1.99. The van der Waals surface area contributed by atoms with Gasteiger partial charge in [0, 0.05) is 36.8 Å². The van der Waals surface area contributed by atoms with Gasteiger partial charge in [0.25, 0.3) is 40.5 Å². The molecule has 0 spiro atoms. The van der Waals surface area contributed by atoms with Crippen LogP contribution in [0.15, 0.2) is 34.1 Å². The van der Waals surface area contributed by atoms with Crippen molar-refractivity contribution in [3.63, 3.8) is 0 Å². The van der Waals surface area contributed by atoms with E-state index in [-0.39, 0.29) is 36.6 Å². The minimum absolute atomic E-state index is 0.00693. The molecule has 0 radical (unpaired) electrons. The van der Waals surface area contributed by atoms with Gasteiger partial charge in [-0.05, 0) is 36.9 Å². The van der Waals surface area contributed by atoms with Crippen molar-refractivity contribution in [1.82, 2.24) is 0 Å². The van der Waals surface area contributed by atoms with Gasteiger partial charge in [-0.1, -0.05) is 0 Å². The molecule has 0 heterocycles. The summed E-state index contributed by atoms with van der Waals surface area (Å²) in [6, 6.07) is 4.36. The molecule has 0 amide bonds. The van der Waals surface area contributed by atoms with Gasteiger partial charge in [0.15, 0.2) is 5.71 Å². The summed E-state index contributed by atoms with van der Waals surface area (Å²) < 4.78 is 131. The maximum atomic E-state index is 11.9. The number of hydrogen-bond acceptors (Lipinski definition) is 8. The first-order chi connectivity index (χ1) is 16.2. The molecule has 0 aliphatic heterocycles. The van der Waals surface area contributed by atoms with E-state index in [0.29, 0.717) is 23.0 Å². The predicted octanol–water partition coefficient (Wildman–Crippen LogP) is 1.69. The van der Waals surface area contributed by atoms with Gasteiger partial charge in [0.2, 0.25) is 5.69 Å². The first-order valence-electron chi connectivity index (χ1n) is 10.2. The van der Waals surface area contributed by atoms with E-state index in [1.807, 2.05) is 0 Å². The number of hydrogen-bond donors (Lipinski definition) is 4. The Morgan fingerprint density at radius 3 is 1.83 bits per heavy atom. The van der Waals surface area contributed by atoms with E-state index in [9.17, 15) is 42.8 Å². The van der Waals surface area contributed by atoms with Gasteiger partial charge in [-0.15, -0.1) is 0 Å². The Morgan fingerprint density at radius 2 is 1.33 bits per heavy atom. The van der Waals surface area contributed by atoms with Gasteiger partial charge in [0.1, 0.15) is 11.4 Å². The number of aryl methyl sites for hydroxylation is 1. The average molecular weight is 589 g/mol. The molecule has 36 heavy (non-hydrogen) atoms. The molecule has 2 aromatic carbocycles. The van der Waals surface area contributed by atoms with Crippen LogP contribution in [0.3, 0.4) is 0 Å². The van der Waals surface area contributed by atoms with Crippen molar-refractivity contribution < 1.29 is 56.5 Å². The predicted molar refractivity (Wildman–Crippen MR) is 130 cm³/mol. The molecule has 0 saturated carbocycles. The fraction of sp³-hybridized carbons (Fsp3) is 0.421. The molecule has 0 aromatic heterocycles. The van der Waals surface area contributed by atoms with Crippen LogP contribution >= 0.6 is 0 Å². The molecule has 13 nitrogen and oxygen atoms in total. The lowest BCUT2D eigenvalue weighted by Crippen LogP contribution is -2.20. The Balaban J connectivity index is 2.77. The molecule has 17 heteroatoms. The highest BCUT2D eigenvalue weighted by molar-refractivity contribution is 7.87. The lowest BCUT2D eigenvalue weighted by atomic mass is 10.0. The van der Waals surface area contributed by atoms with Crippen LogP contribution in [0, 0.1) is 6.92 Å². The van der Waals surface area contributed by atoms with Crippen LogP contribution in [0.2, 0.25) is 0 Å². The van der Waals surface area contributed by atoms with Gasteiger partial charge in [-0.3, -0.25) is 18.2 Å². The summed E-state index contributed by atoms with van der Waals surface area (Å²) in [5.41, 5.74) is 1.18. The molecule has 0 unspecified atom stereocenters. The fourth-order valence-corrected chi connectivity index (χ4v) is 6.07. The SMILES string of the molecule is CC(CCCS(=O)(=O)O)=[N+](CCCS(=O)(=O)O)c1ccc2c(S(=O)(=O)O)cc(S(=O)(=O)O)cc2c1C. The molecule has 2 aromatic rings. The molecular formula is C19H26NO12S4+. The van der Waals surface area contributed by atoms with Crippen LogP contribution in [0.1, 0.15) is 31.7 Å². The van der Waals surface area contributed by atoms with Gasteiger partial charge in [0.05, 0.1) is 16.4 Å². The molecule has 0 atom stereocenters. The van der Waals surface area contributed by atoms with Crippen molar-refractivity contribution in [3.8, 4) is 0 Å². The van der Waals surface area contributed by atoms with Crippen molar-refractivity contribution in [2.24, 2.45) is 0 Å². The average Bonchev–Trinajstić information content (AvgIpc) is 2.68. The van der Waals surface area contributed by atoms with Crippen molar-refractivity contribution in [2.75, 3.05) is 18.1 Å². The van der Waals surface area contributed by atoms with E-state index in [1.165, 1.54) is 19.1 Å². The van der Waals surface area contributed by atoms with Crippen LogP contribution < -0.4 is 0 Å². The maximum absolute atomic E-state index is 11.9. The Kier molecular flexibility index (Phi) is 9.06. The van der Waals surface area contributed by atoms with Crippen molar-refractivity contribution in [3.05, 3.63) is 29.8 Å². The summed E-state index contributed by atoms with van der Waals surface area (Å²) in [5.74, 6) is -1.12. The summed E-state index contributed by atoms with van der Waals surface area (Å²) >= 11 is 0. The van der Waals surface area contributed by atoms with Crippen LogP contribution in [-0.4, -0.2) is 80.2 Å². The largest absolute Gasteiger partial charge is 0.295 e. The van der Waals surface area contributed by atoms with Crippen LogP contribution in [-0.2, 0) is 40.5 Å². The first-order valence-corrected chi connectivity index (χ1v) is 16.3. The highest BCUT2D eigenvalue weighted by Gasteiger charge is 2.25. The third-order valence-electron chi connectivity index (χ3n) is 5.36. The summed E-state index contributed by atoms with van der Waals surface area (Å²) in [4.78, 5) is -1.54. The molecule has 202 valence electrons. The Morgan fingerprint density at radius 1 is 0.778 bits per heavy atom. The van der Waals surface area contributed by atoms with E-state index >= 15 is 0 Å². The zero-order chi connectivity index (χ0) is 27.7. The summed E-state index contributed by atoms with van der Waals surface area (Å²) in [5, 5.41) is -0.00571. The quantitative estimate of drug-likeness (QED) is 0.167. The van der Waals surface area contributed by atoms with Gasteiger partial charge < -0.3 is 0 Å². The van der Waals surface area contributed by atoms with Crippen LogP contribution in [0.5, 0.6) is 0 Å². The summed E-state index contributed by atoms with van der Waals surface area (Å²) in [6.45, 7) is 3.12. The highest BCUT2D eigenvalue weighted by atomic mass is 32.2. The molecule has 0 aliphatic rings. The molecule has 0 bridgehead atoms. The topological polar surface area (TPSA) is 220 Å². The number of fused-ring (bicyclic) bond motifs is 1. The standard InChI is InChI=1S/C19H25NO12S4/c1-13(5-3-9-33(21,22)23)20(8-4-10-34(24,25)26)18-7-6-16-17(14(18)2)11-15(35(27,28)29)12-19(16)36(30,31)32/h6-7,11-12H,3-5,8-10H2,1-2H3,(H3-,21,22,23,24,25,26,27,28,29,30,31,32)/p+1. The van der Waals surface area contributed by atoms with Crippen molar-refractivity contribution in [2.45, 2.75) is 42.9 Å². The van der Waals surface area contributed by atoms with E-state index in [1.54, 1.807) is 11.5 Å². The highest BCUT2D eigenvalue weighted by Crippen LogP contribution is 2.34. The van der Waals surface area contributed by atoms with E-state index in [2.05, 4.69) is 0 Å². The first kappa shape index (κ1) is 30.2. The Bertz CT molecular complexity index is 1640. The summed E-state index contributed by atoms with van der Waals surface area (Å²) in [6.07, 6.45) is 0.101. The second-order valence-electron chi connectivity index (χ2n) is 8.09. The lowest BCUT2D eigenvalue weighted by molar-refractivity contribution is -0.442. The molecule has 2 rings (SSSR count). The third-order valence-corrected chi connectivity index (χ3v) is 8.70. The van der Waals surface area contributed by atoms with E-state index in [4.69, 9.17) is 9.11 Å². The number of rotatable bonds is 11. The fourth-order valence-electron chi connectivity index (χ4n) is 3.73. The Labute approximate surface area is 209 Å². The minimum atomic E-state index is -4.90. The minimum Gasteiger partial charge on any atom is -0.286 e. The van der Waals surface area contributed by atoms with Crippen molar-refractivity contribution in [1.29, 1.82) is 0 Å². The lowest BCUT2D eigenvalue weighted by Gasteiger charge is -2.14. The van der Waals surface area contributed by atoms with Gasteiger partial charge in [-0.25, -0.2) is 0 Å². The molecule has 0 saturated heterocycles. The zero-order valence-corrected chi connectivity index (χ0v) is 22.5. The molecular weight excluding hydrogens is 562 g/mol. The van der Waals surface area contributed by atoms with E-state index < -0.39 is 61.8 Å². The van der Waals surface area contributed by atoms with Gasteiger partial charge >= 0.3 is 0 Å². The number of nitrogens with zero attached hydrogens (tertiary/aromatic N) is 1. The summed E-state index contributed by atoms with van der Waals surface area (Å²) in [7, 11) is -18.3. The second-order valence-corrected chi connectivity index (χ2v) is 14.0. The third kappa shape index (κ3) is 8.27. The molecule has 0 aliphatic carbocycles. The zero-order valence-electron chi connectivity index (χ0n) is 19.2. The second kappa shape index (κ2) is 10.8. The molecule has 4 N–H and O–H groups in total. The van der Waals surface area contributed by atoms with Crippen LogP contribution in [0.25, 0.3) is 10.8 Å². The van der Waals surface area contributed by atoms with Crippen LogP contribution in [0.4, 0.5) is 5.69 Å². The number of benzene rings is 2. The van der Waals surface area contributed by atoms with Gasteiger partial charge in [-0.2, -0.15) is 38.2 Å². The van der Waals surface area contributed by atoms with Crippen molar-refractivity contribution >= 4 is 62.6 Å². The smallest absolute Gasteiger partial charge is 0.286 e. The molecule has 0 fully saturated rings. The van der Waals surface area contributed by atoms with E-state index in [0.717, 1.165) is 6.07 Å².